The van der Waals surface area contributed by atoms with Gasteiger partial charge < -0.3 is 4.57 Å². The van der Waals surface area contributed by atoms with Gasteiger partial charge >= 0.3 is 0 Å². The Hall–Kier alpha value is -1.24. The lowest BCUT2D eigenvalue weighted by molar-refractivity contribution is 0.791. The van der Waals surface area contributed by atoms with E-state index >= 15 is 0 Å². The fourth-order valence-corrected chi connectivity index (χ4v) is 2.35. The Balaban J connectivity index is 2.73. The van der Waals surface area contributed by atoms with Gasteiger partial charge in [0.15, 0.2) is 0 Å². The van der Waals surface area contributed by atoms with Crippen molar-refractivity contribution in [2.24, 2.45) is 7.05 Å². The topological polar surface area (TPSA) is 4.93 Å². The molecule has 0 saturated heterocycles. The normalized spacial score (nSPS) is 11.9. The summed E-state index contributed by atoms with van der Waals surface area (Å²) < 4.78 is 2.20. The molecule has 16 heavy (non-hydrogen) atoms. The molecule has 2 aromatic rings. The first-order valence-electron chi connectivity index (χ1n) is 6.09. The lowest BCUT2D eigenvalue weighted by atomic mass is 9.89. The molecule has 0 aliphatic heterocycles. The molecule has 2 rings (SSSR count). The molecule has 86 valence electrons. The Morgan fingerprint density at radius 1 is 0.938 bits per heavy atom. The van der Waals surface area contributed by atoms with Crippen LogP contribution >= 0.6 is 0 Å². The second-order valence-electron chi connectivity index (χ2n) is 5.28. The monoisotopic (exact) mass is 215 g/mol. The molecule has 0 radical (unpaired) electrons. The van der Waals surface area contributed by atoms with E-state index in [1.54, 1.807) is 0 Å². The lowest BCUT2D eigenvalue weighted by Gasteiger charge is -2.16. The molecule has 0 aliphatic carbocycles. The van der Waals surface area contributed by atoms with Crippen LogP contribution in [0.25, 0.3) is 10.9 Å². The second kappa shape index (κ2) is 3.97. The van der Waals surface area contributed by atoms with Gasteiger partial charge in [-0.15, -0.1) is 0 Å². The fourth-order valence-electron chi connectivity index (χ4n) is 2.35. The Morgan fingerprint density at radius 3 is 2.06 bits per heavy atom. The van der Waals surface area contributed by atoms with E-state index in [1.807, 2.05) is 0 Å². The molecule has 0 aliphatic rings. The van der Waals surface area contributed by atoms with Gasteiger partial charge in [0.05, 0.1) is 0 Å². The summed E-state index contributed by atoms with van der Waals surface area (Å²) in [6.07, 6.45) is 2.14. The van der Waals surface area contributed by atoms with Crippen LogP contribution in [-0.4, -0.2) is 4.57 Å². The highest BCUT2D eigenvalue weighted by atomic mass is 14.9. The van der Waals surface area contributed by atoms with Gasteiger partial charge in [0, 0.05) is 18.8 Å². The van der Waals surface area contributed by atoms with Crippen molar-refractivity contribution in [2.75, 3.05) is 0 Å². The molecule has 0 N–H and O–H groups in total. The van der Waals surface area contributed by atoms with Crippen molar-refractivity contribution < 1.29 is 0 Å². The summed E-state index contributed by atoms with van der Waals surface area (Å²) in [4.78, 5) is 0. The van der Waals surface area contributed by atoms with Gasteiger partial charge in [0.25, 0.3) is 0 Å². The van der Waals surface area contributed by atoms with Crippen LogP contribution in [0.15, 0.2) is 24.4 Å². The number of hydrogen-bond donors (Lipinski definition) is 0. The standard InChI is InChI=1S/C15H21N/c1-10(2)13-8-12-6-7-16(5)15(12)9-14(13)11(3)4/h6-11H,1-5H3. The quantitative estimate of drug-likeness (QED) is 0.698. The molecule has 0 unspecified atom stereocenters. The average Bonchev–Trinajstić information content (AvgIpc) is 2.58. The minimum Gasteiger partial charge on any atom is -0.351 e. The molecule has 1 aromatic heterocycles. The van der Waals surface area contributed by atoms with Crippen molar-refractivity contribution in [2.45, 2.75) is 39.5 Å². The van der Waals surface area contributed by atoms with Gasteiger partial charge in [-0.2, -0.15) is 0 Å². The minimum absolute atomic E-state index is 0.594. The highest BCUT2D eigenvalue weighted by Crippen LogP contribution is 2.30. The van der Waals surface area contributed by atoms with E-state index < -0.39 is 0 Å². The first-order chi connectivity index (χ1) is 7.50. The molecule has 0 fully saturated rings. The smallest absolute Gasteiger partial charge is 0.0480 e. The first kappa shape index (κ1) is 11.3. The maximum Gasteiger partial charge on any atom is 0.0480 e. The van der Waals surface area contributed by atoms with Crippen LogP contribution in [0.1, 0.15) is 50.7 Å². The molecule has 1 heterocycles. The molecule has 0 atom stereocenters. The molecular weight excluding hydrogens is 194 g/mol. The van der Waals surface area contributed by atoms with Crippen molar-refractivity contribution in [3.63, 3.8) is 0 Å². The Labute approximate surface area is 98.1 Å². The van der Waals surface area contributed by atoms with Gasteiger partial charge in [-0.05, 0) is 46.5 Å². The van der Waals surface area contributed by atoms with Crippen molar-refractivity contribution in [3.8, 4) is 0 Å². The molecule has 0 saturated carbocycles. The number of hydrogen-bond acceptors (Lipinski definition) is 0. The molecular formula is C15H21N. The molecule has 1 nitrogen and oxygen atoms in total. The number of aromatic nitrogens is 1. The zero-order valence-corrected chi connectivity index (χ0v) is 10.9. The zero-order valence-electron chi connectivity index (χ0n) is 10.9. The summed E-state index contributed by atoms with van der Waals surface area (Å²) in [6.45, 7) is 9.10. The van der Waals surface area contributed by atoms with Crippen LogP contribution in [-0.2, 0) is 7.05 Å². The van der Waals surface area contributed by atoms with Crippen LogP contribution in [0, 0.1) is 0 Å². The Kier molecular flexibility index (Phi) is 2.79. The van der Waals surface area contributed by atoms with Crippen molar-refractivity contribution in [1.29, 1.82) is 0 Å². The minimum atomic E-state index is 0.594. The number of fused-ring (bicyclic) bond motifs is 1. The summed E-state index contributed by atoms with van der Waals surface area (Å²) in [6, 6.07) is 6.91. The van der Waals surface area contributed by atoms with Crippen molar-refractivity contribution in [3.05, 3.63) is 35.5 Å². The van der Waals surface area contributed by atoms with E-state index in [2.05, 4.69) is 63.7 Å². The van der Waals surface area contributed by atoms with Crippen LogP contribution in [0.2, 0.25) is 0 Å². The zero-order chi connectivity index (χ0) is 11.9. The van der Waals surface area contributed by atoms with E-state index in [0.29, 0.717) is 11.8 Å². The summed E-state index contributed by atoms with van der Waals surface area (Å²) in [7, 11) is 2.11. The summed E-state index contributed by atoms with van der Waals surface area (Å²) >= 11 is 0. The van der Waals surface area contributed by atoms with Gasteiger partial charge in [-0.1, -0.05) is 27.7 Å². The molecule has 1 heteroatoms. The Morgan fingerprint density at radius 2 is 1.50 bits per heavy atom. The van der Waals surface area contributed by atoms with Crippen LogP contribution in [0.3, 0.4) is 0 Å². The Bertz CT molecular complexity index is 503. The van der Waals surface area contributed by atoms with Crippen LogP contribution in [0.5, 0.6) is 0 Å². The van der Waals surface area contributed by atoms with E-state index in [0.717, 1.165) is 0 Å². The summed E-state index contributed by atoms with van der Waals surface area (Å²) in [5.74, 6) is 1.19. The third-order valence-electron chi connectivity index (χ3n) is 3.33. The van der Waals surface area contributed by atoms with Gasteiger partial charge in [-0.3, -0.25) is 0 Å². The van der Waals surface area contributed by atoms with E-state index in [-0.39, 0.29) is 0 Å². The van der Waals surface area contributed by atoms with Gasteiger partial charge in [-0.25, -0.2) is 0 Å². The molecule has 0 spiro atoms. The van der Waals surface area contributed by atoms with E-state index in [4.69, 9.17) is 0 Å². The molecule has 0 amide bonds. The van der Waals surface area contributed by atoms with E-state index in [9.17, 15) is 0 Å². The van der Waals surface area contributed by atoms with E-state index in [1.165, 1.54) is 22.0 Å². The van der Waals surface area contributed by atoms with Gasteiger partial charge in [0.1, 0.15) is 0 Å². The van der Waals surface area contributed by atoms with Gasteiger partial charge in [0.2, 0.25) is 0 Å². The first-order valence-corrected chi connectivity index (χ1v) is 6.09. The third-order valence-corrected chi connectivity index (χ3v) is 3.33. The third kappa shape index (κ3) is 1.75. The maximum absolute atomic E-state index is 2.36. The fraction of sp³-hybridized carbons (Fsp3) is 0.467. The predicted octanol–water partition coefficient (Wildman–Crippen LogP) is 4.43. The average molecular weight is 215 g/mol. The van der Waals surface area contributed by atoms with Crippen LogP contribution < -0.4 is 0 Å². The lowest BCUT2D eigenvalue weighted by Crippen LogP contribution is -1.99. The number of aryl methyl sites for hydroxylation is 1. The number of nitrogens with zero attached hydrogens (tertiary/aromatic N) is 1. The maximum atomic E-state index is 2.36. The predicted molar refractivity (Wildman–Crippen MR) is 71.1 cm³/mol. The van der Waals surface area contributed by atoms with Crippen LogP contribution in [0.4, 0.5) is 0 Å². The SMILES string of the molecule is CC(C)c1cc2ccn(C)c2cc1C(C)C. The second-order valence-corrected chi connectivity index (χ2v) is 5.28. The summed E-state index contributed by atoms with van der Waals surface area (Å²) in [5, 5.41) is 1.36. The largest absolute Gasteiger partial charge is 0.351 e. The highest BCUT2D eigenvalue weighted by Gasteiger charge is 2.12. The van der Waals surface area contributed by atoms with Crippen molar-refractivity contribution in [1.82, 2.24) is 4.57 Å². The van der Waals surface area contributed by atoms with Crippen molar-refractivity contribution >= 4 is 10.9 Å². The highest BCUT2D eigenvalue weighted by molar-refractivity contribution is 5.82. The number of benzene rings is 1. The summed E-state index contributed by atoms with van der Waals surface area (Å²) in [5.41, 5.74) is 4.33. The molecule has 1 aromatic carbocycles. The number of rotatable bonds is 2. The molecule has 0 bridgehead atoms.